The number of hydrogen-bond acceptors (Lipinski definition) is 7. The SMILES string of the molecule is c1cc(N2CCCCC2)ncc1-c1noc(CN2CCN(C3CCCCC3)CC2)n1. The van der Waals surface area contributed by atoms with Gasteiger partial charge in [-0.05, 0) is 44.2 Å². The second-order valence-corrected chi connectivity index (χ2v) is 9.07. The molecular formula is C23H34N6O. The molecular weight excluding hydrogens is 376 g/mol. The maximum atomic E-state index is 5.56. The van der Waals surface area contributed by atoms with Crippen LogP contribution in [0.1, 0.15) is 57.3 Å². The third-order valence-corrected chi connectivity index (χ3v) is 7.01. The fourth-order valence-corrected chi connectivity index (χ4v) is 5.19. The quantitative estimate of drug-likeness (QED) is 0.747. The molecule has 4 heterocycles. The fraction of sp³-hybridized carbons (Fsp3) is 0.696. The first-order valence-corrected chi connectivity index (χ1v) is 11.9. The summed E-state index contributed by atoms with van der Waals surface area (Å²) in [6, 6.07) is 4.96. The summed E-state index contributed by atoms with van der Waals surface area (Å²) < 4.78 is 5.56. The van der Waals surface area contributed by atoms with Crippen LogP contribution in [0.25, 0.3) is 11.4 Å². The summed E-state index contributed by atoms with van der Waals surface area (Å²) in [5.74, 6) is 2.40. The number of anilines is 1. The van der Waals surface area contributed by atoms with Crippen LogP contribution in [0.2, 0.25) is 0 Å². The molecule has 0 aromatic carbocycles. The first-order chi connectivity index (χ1) is 14.8. The molecule has 30 heavy (non-hydrogen) atoms. The van der Waals surface area contributed by atoms with Gasteiger partial charge in [-0.1, -0.05) is 24.4 Å². The predicted octanol–water partition coefficient (Wildman–Crippen LogP) is 3.57. The highest BCUT2D eigenvalue weighted by atomic mass is 16.5. The molecule has 0 atom stereocenters. The Kier molecular flexibility index (Phi) is 6.27. The zero-order chi connectivity index (χ0) is 20.2. The van der Waals surface area contributed by atoms with Crippen LogP contribution in [0, 0.1) is 0 Å². The van der Waals surface area contributed by atoms with E-state index < -0.39 is 0 Å². The highest BCUT2D eigenvalue weighted by molar-refractivity contribution is 5.55. The van der Waals surface area contributed by atoms with Crippen LogP contribution in [-0.4, -0.2) is 70.2 Å². The molecule has 2 saturated heterocycles. The van der Waals surface area contributed by atoms with E-state index in [0.717, 1.165) is 63.2 Å². The molecule has 1 saturated carbocycles. The minimum absolute atomic E-state index is 0.642. The van der Waals surface area contributed by atoms with E-state index in [1.54, 1.807) is 0 Å². The van der Waals surface area contributed by atoms with E-state index >= 15 is 0 Å². The number of pyridine rings is 1. The molecule has 2 aromatic heterocycles. The molecule has 2 aromatic rings. The van der Waals surface area contributed by atoms with E-state index in [1.807, 2.05) is 6.20 Å². The second kappa shape index (κ2) is 9.43. The zero-order valence-electron chi connectivity index (χ0n) is 18.0. The van der Waals surface area contributed by atoms with Crippen molar-refractivity contribution < 1.29 is 4.52 Å². The van der Waals surface area contributed by atoms with Crippen LogP contribution in [-0.2, 0) is 6.54 Å². The maximum absolute atomic E-state index is 5.56. The number of hydrogen-bond donors (Lipinski definition) is 0. The summed E-state index contributed by atoms with van der Waals surface area (Å²) in [7, 11) is 0. The number of rotatable bonds is 5. The lowest BCUT2D eigenvalue weighted by atomic mass is 9.94. The topological polar surface area (TPSA) is 61.5 Å². The van der Waals surface area contributed by atoms with Gasteiger partial charge in [0.05, 0.1) is 6.54 Å². The van der Waals surface area contributed by atoms with Crippen molar-refractivity contribution in [3.8, 4) is 11.4 Å². The lowest BCUT2D eigenvalue weighted by molar-refractivity contribution is 0.0702. The minimum atomic E-state index is 0.642. The highest BCUT2D eigenvalue weighted by Crippen LogP contribution is 2.24. The maximum Gasteiger partial charge on any atom is 0.241 e. The van der Waals surface area contributed by atoms with E-state index in [9.17, 15) is 0 Å². The lowest BCUT2D eigenvalue weighted by Crippen LogP contribution is -2.50. The van der Waals surface area contributed by atoms with Crippen molar-refractivity contribution in [2.24, 2.45) is 0 Å². The monoisotopic (exact) mass is 410 g/mol. The Morgan fingerprint density at radius 3 is 2.37 bits per heavy atom. The number of nitrogens with zero attached hydrogens (tertiary/aromatic N) is 6. The highest BCUT2D eigenvalue weighted by Gasteiger charge is 2.26. The summed E-state index contributed by atoms with van der Waals surface area (Å²) in [4.78, 5) is 16.8. The van der Waals surface area contributed by atoms with Gasteiger partial charge < -0.3 is 9.42 Å². The second-order valence-electron chi connectivity index (χ2n) is 9.07. The van der Waals surface area contributed by atoms with Crippen molar-refractivity contribution in [2.45, 2.75) is 64.0 Å². The molecule has 7 nitrogen and oxygen atoms in total. The summed E-state index contributed by atoms with van der Waals surface area (Å²) >= 11 is 0. The van der Waals surface area contributed by atoms with Gasteiger partial charge in [0.15, 0.2) is 0 Å². The molecule has 162 valence electrons. The van der Waals surface area contributed by atoms with Gasteiger partial charge in [-0.3, -0.25) is 9.80 Å². The van der Waals surface area contributed by atoms with Gasteiger partial charge in [0, 0.05) is 57.1 Å². The van der Waals surface area contributed by atoms with Crippen molar-refractivity contribution in [1.82, 2.24) is 24.9 Å². The molecule has 2 aliphatic heterocycles. The average molecular weight is 411 g/mol. The third kappa shape index (κ3) is 4.67. The van der Waals surface area contributed by atoms with E-state index in [1.165, 1.54) is 51.4 Å². The van der Waals surface area contributed by atoms with Crippen molar-refractivity contribution in [3.63, 3.8) is 0 Å². The predicted molar refractivity (Wildman–Crippen MR) is 117 cm³/mol. The smallest absolute Gasteiger partial charge is 0.241 e. The Bertz CT molecular complexity index is 786. The Morgan fingerprint density at radius 1 is 0.867 bits per heavy atom. The van der Waals surface area contributed by atoms with Crippen molar-refractivity contribution in [3.05, 3.63) is 24.2 Å². The Morgan fingerprint density at radius 2 is 1.63 bits per heavy atom. The molecule has 0 amide bonds. The van der Waals surface area contributed by atoms with Gasteiger partial charge in [-0.25, -0.2) is 4.98 Å². The van der Waals surface area contributed by atoms with Crippen LogP contribution in [0.4, 0.5) is 5.82 Å². The summed E-state index contributed by atoms with van der Waals surface area (Å²) in [5, 5.41) is 4.21. The molecule has 3 fully saturated rings. The first-order valence-electron chi connectivity index (χ1n) is 11.9. The zero-order valence-corrected chi connectivity index (χ0v) is 18.0. The Balaban J connectivity index is 1.14. The molecule has 5 rings (SSSR count). The van der Waals surface area contributed by atoms with E-state index in [2.05, 4.69) is 42.0 Å². The van der Waals surface area contributed by atoms with Gasteiger partial charge >= 0.3 is 0 Å². The van der Waals surface area contributed by atoms with Gasteiger partial charge in [-0.2, -0.15) is 4.98 Å². The molecule has 0 N–H and O–H groups in total. The minimum Gasteiger partial charge on any atom is -0.357 e. The third-order valence-electron chi connectivity index (χ3n) is 7.01. The van der Waals surface area contributed by atoms with E-state index in [0.29, 0.717) is 11.7 Å². The first kappa shape index (κ1) is 19.9. The van der Waals surface area contributed by atoms with Gasteiger partial charge in [0.25, 0.3) is 0 Å². The summed E-state index contributed by atoms with van der Waals surface area (Å²) in [6.07, 6.45) is 12.7. The Labute approximate surface area is 179 Å². The van der Waals surface area contributed by atoms with Crippen LogP contribution >= 0.6 is 0 Å². The van der Waals surface area contributed by atoms with E-state index in [4.69, 9.17) is 4.52 Å². The average Bonchev–Trinajstić information content (AvgIpc) is 3.29. The van der Waals surface area contributed by atoms with E-state index in [-0.39, 0.29) is 0 Å². The van der Waals surface area contributed by atoms with Crippen molar-refractivity contribution in [2.75, 3.05) is 44.2 Å². The molecule has 0 spiro atoms. The van der Waals surface area contributed by atoms with Crippen LogP contribution < -0.4 is 4.90 Å². The molecule has 0 radical (unpaired) electrons. The lowest BCUT2D eigenvalue weighted by Gasteiger charge is -2.40. The fourth-order valence-electron chi connectivity index (χ4n) is 5.19. The number of piperidine rings is 1. The normalized spacial score (nSPS) is 22.5. The Hall–Kier alpha value is -1.99. The molecule has 0 bridgehead atoms. The largest absolute Gasteiger partial charge is 0.357 e. The molecule has 0 unspecified atom stereocenters. The summed E-state index contributed by atoms with van der Waals surface area (Å²) in [6.45, 7) is 7.44. The summed E-state index contributed by atoms with van der Waals surface area (Å²) in [5.41, 5.74) is 0.924. The molecule has 3 aliphatic rings. The number of piperazine rings is 1. The van der Waals surface area contributed by atoms with Gasteiger partial charge in [0.2, 0.25) is 11.7 Å². The number of aromatic nitrogens is 3. The van der Waals surface area contributed by atoms with Crippen LogP contribution in [0.5, 0.6) is 0 Å². The van der Waals surface area contributed by atoms with Crippen LogP contribution in [0.3, 0.4) is 0 Å². The van der Waals surface area contributed by atoms with Gasteiger partial charge in [0.1, 0.15) is 5.82 Å². The molecule has 1 aliphatic carbocycles. The van der Waals surface area contributed by atoms with Crippen LogP contribution in [0.15, 0.2) is 22.9 Å². The van der Waals surface area contributed by atoms with Crippen molar-refractivity contribution in [1.29, 1.82) is 0 Å². The molecule has 7 heteroatoms. The standard InChI is InChI=1S/C23H34N6O/c1-3-7-20(8-4-1)28-15-13-27(14-16-28)18-22-25-23(26-30-22)19-9-10-21(24-17-19)29-11-5-2-6-12-29/h9-10,17,20H,1-8,11-16,18H2. The van der Waals surface area contributed by atoms with Gasteiger partial charge in [-0.15, -0.1) is 0 Å². The van der Waals surface area contributed by atoms with Crippen molar-refractivity contribution >= 4 is 5.82 Å².